The Morgan fingerprint density at radius 1 is 1.35 bits per heavy atom. The van der Waals surface area contributed by atoms with E-state index in [0.717, 1.165) is 11.3 Å². The lowest BCUT2D eigenvalue weighted by Crippen LogP contribution is -2.59. The summed E-state index contributed by atoms with van der Waals surface area (Å²) in [6, 6.07) is 5.03. The van der Waals surface area contributed by atoms with Gasteiger partial charge in [0.2, 0.25) is 5.91 Å². The molecule has 2 fully saturated rings. The first-order chi connectivity index (χ1) is 10.9. The first-order valence-corrected chi connectivity index (χ1v) is 8.33. The number of carbonyl (C=O) groups is 1. The van der Waals surface area contributed by atoms with Gasteiger partial charge < -0.3 is 9.80 Å². The maximum atomic E-state index is 12.6. The van der Waals surface area contributed by atoms with Gasteiger partial charge in [-0.3, -0.25) is 14.9 Å². The Morgan fingerprint density at radius 2 is 2.09 bits per heavy atom. The van der Waals surface area contributed by atoms with Crippen LogP contribution in [0.4, 0.5) is 11.4 Å². The zero-order valence-corrected chi connectivity index (χ0v) is 13.8. The van der Waals surface area contributed by atoms with Gasteiger partial charge in [-0.05, 0) is 18.4 Å². The minimum atomic E-state index is -0.901. The maximum Gasteiger partial charge on any atom is 0.271 e. The number of nitro benzene ring substituents is 1. The number of halogens is 2. The van der Waals surface area contributed by atoms with E-state index in [2.05, 4.69) is 4.90 Å². The van der Waals surface area contributed by atoms with Crippen LogP contribution in [0.1, 0.15) is 12.0 Å². The van der Waals surface area contributed by atoms with E-state index in [1.54, 1.807) is 12.1 Å². The second kappa shape index (κ2) is 4.98. The topological polar surface area (TPSA) is 66.7 Å². The highest BCUT2D eigenvalue weighted by Crippen LogP contribution is 2.54. The number of fused-ring (bicyclic) bond motifs is 4. The molecule has 6 nitrogen and oxygen atoms in total. The molecule has 1 saturated heterocycles. The van der Waals surface area contributed by atoms with Crippen LogP contribution < -0.4 is 4.90 Å². The minimum absolute atomic E-state index is 0.0324. The maximum absolute atomic E-state index is 12.6. The lowest BCUT2D eigenvalue weighted by atomic mass is 9.93. The number of carbonyl (C=O) groups excluding carboxylic acids is 1. The lowest BCUT2D eigenvalue weighted by molar-refractivity contribution is -0.384. The Hall–Kier alpha value is -1.53. The van der Waals surface area contributed by atoms with Crippen LogP contribution in [0.5, 0.6) is 0 Å². The predicted molar refractivity (Wildman–Crippen MR) is 87.1 cm³/mol. The number of amides is 1. The smallest absolute Gasteiger partial charge is 0.271 e. The Bertz CT molecular complexity index is 709. The van der Waals surface area contributed by atoms with Crippen LogP contribution in [-0.2, 0) is 11.2 Å². The summed E-state index contributed by atoms with van der Waals surface area (Å²) in [6.45, 7) is 1.97. The summed E-state index contributed by atoms with van der Waals surface area (Å²) in [7, 11) is 0. The zero-order valence-electron chi connectivity index (χ0n) is 12.2. The highest BCUT2D eigenvalue weighted by molar-refractivity contribution is 6.52. The van der Waals surface area contributed by atoms with Crippen molar-refractivity contribution in [2.24, 2.45) is 5.92 Å². The Balaban J connectivity index is 1.58. The fourth-order valence-electron chi connectivity index (χ4n) is 3.61. The zero-order chi connectivity index (χ0) is 16.4. The van der Waals surface area contributed by atoms with Crippen molar-refractivity contribution in [3.8, 4) is 0 Å². The third-order valence-electron chi connectivity index (χ3n) is 4.97. The molecule has 122 valence electrons. The van der Waals surface area contributed by atoms with E-state index in [-0.39, 0.29) is 28.5 Å². The molecule has 0 radical (unpaired) electrons. The van der Waals surface area contributed by atoms with Gasteiger partial charge in [-0.1, -0.05) is 6.07 Å². The molecule has 1 saturated carbocycles. The van der Waals surface area contributed by atoms with Crippen LogP contribution >= 0.6 is 23.2 Å². The minimum Gasteiger partial charge on any atom is -0.367 e. The predicted octanol–water partition coefficient (Wildman–Crippen LogP) is 2.36. The van der Waals surface area contributed by atoms with Crippen molar-refractivity contribution in [3.05, 3.63) is 33.9 Å². The van der Waals surface area contributed by atoms with E-state index in [9.17, 15) is 14.9 Å². The number of nitrogens with zero attached hydrogens (tertiary/aromatic N) is 3. The van der Waals surface area contributed by atoms with Gasteiger partial charge >= 0.3 is 0 Å². The molecule has 0 N–H and O–H groups in total. The number of rotatable bonds is 2. The van der Waals surface area contributed by atoms with Crippen molar-refractivity contribution in [1.29, 1.82) is 0 Å². The summed E-state index contributed by atoms with van der Waals surface area (Å²) < 4.78 is -0.901. The van der Waals surface area contributed by atoms with Crippen molar-refractivity contribution in [3.63, 3.8) is 0 Å². The molecule has 2 bridgehead atoms. The van der Waals surface area contributed by atoms with Gasteiger partial charge in [0.1, 0.15) is 4.33 Å². The fourth-order valence-corrected chi connectivity index (χ4v) is 4.10. The van der Waals surface area contributed by atoms with Crippen LogP contribution in [0, 0.1) is 16.0 Å². The third-order valence-corrected chi connectivity index (χ3v) is 5.80. The van der Waals surface area contributed by atoms with Gasteiger partial charge in [-0.2, -0.15) is 0 Å². The van der Waals surface area contributed by atoms with Crippen molar-refractivity contribution >= 4 is 40.5 Å². The molecule has 1 aromatic carbocycles. The van der Waals surface area contributed by atoms with E-state index in [4.69, 9.17) is 23.2 Å². The average molecular weight is 356 g/mol. The summed E-state index contributed by atoms with van der Waals surface area (Å²) in [6.07, 6.45) is 1.23. The van der Waals surface area contributed by atoms with Crippen LogP contribution in [0.15, 0.2) is 18.2 Å². The average Bonchev–Trinajstić information content (AvgIpc) is 3.15. The monoisotopic (exact) mass is 355 g/mol. The quantitative estimate of drug-likeness (QED) is 0.464. The molecule has 2 unspecified atom stereocenters. The molecule has 1 amide bonds. The van der Waals surface area contributed by atoms with E-state index in [1.807, 2.05) is 4.90 Å². The molecule has 3 aliphatic rings. The number of piperazine rings is 1. The Labute approximate surface area is 143 Å². The molecular formula is C15H15Cl2N3O3. The summed E-state index contributed by atoms with van der Waals surface area (Å²) >= 11 is 12.1. The number of benzene rings is 1. The molecule has 2 heterocycles. The Kier molecular flexibility index (Phi) is 3.25. The van der Waals surface area contributed by atoms with Crippen LogP contribution in [-0.4, -0.2) is 45.7 Å². The lowest BCUT2D eigenvalue weighted by Gasteiger charge is -2.46. The molecule has 2 atom stereocenters. The molecule has 0 spiro atoms. The van der Waals surface area contributed by atoms with Gasteiger partial charge in [0.25, 0.3) is 5.69 Å². The molecule has 23 heavy (non-hydrogen) atoms. The van der Waals surface area contributed by atoms with Crippen LogP contribution in [0.25, 0.3) is 0 Å². The van der Waals surface area contributed by atoms with E-state index >= 15 is 0 Å². The fraction of sp³-hybridized carbons (Fsp3) is 0.533. The standard InChI is InChI=1S/C15H15Cl2N3O3/c16-15(17)7-12(15)14(21)19-4-3-18-8-11(19)5-9-1-2-10(20(22)23)6-13(9)18/h1-2,6,11-12H,3-5,7-8H2. The van der Waals surface area contributed by atoms with E-state index in [1.165, 1.54) is 6.07 Å². The van der Waals surface area contributed by atoms with E-state index in [0.29, 0.717) is 32.5 Å². The largest absolute Gasteiger partial charge is 0.367 e. The number of alkyl halides is 2. The number of hydrogen-bond acceptors (Lipinski definition) is 4. The van der Waals surface area contributed by atoms with Crippen molar-refractivity contribution in [2.75, 3.05) is 24.5 Å². The van der Waals surface area contributed by atoms with Crippen molar-refractivity contribution < 1.29 is 9.72 Å². The SMILES string of the molecule is O=C(C1CC1(Cl)Cl)N1CCN2CC1Cc1ccc([N+](=O)[O-])cc12. The molecule has 8 heteroatoms. The molecule has 2 aliphatic heterocycles. The highest BCUT2D eigenvalue weighted by atomic mass is 35.5. The summed E-state index contributed by atoms with van der Waals surface area (Å²) in [5.41, 5.74) is 2.06. The summed E-state index contributed by atoms with van der Waals surface area (Å²) in [4.78, 5) is 27.2. The molecule has 1 aliphatic carbocycles. The normalized spacial score (nSPS) is 27.4. The van der Waals surface area contributed by atoms with Gasteiger partial charge in [-0.25, -0.2) is 0 Å². The van der Waals surface area contributed by atoms with Crippen LogP contribution in [0.3, 0.4) is 0 Å². The highest BCUT2D eigenvalue weighted by Gasteiger charge is 2.58. The van der Waals surface area contributed by atoms with Crippen LogP contribution in [0.2, 0.25) is 0 Å². The first-order valence-electron chi connectivity index (χ1n) is 7.57. The molecule has 0 aromatic heterocycles. The van der Waals surface area contributed by atoms with Gasteiger partial charge in [0, 0.05) is 37.5 Å². The van der Waals surface area contributed by atoms with Crippen molar-refractivity contribution in [2.45, 2.75) is 23.2 Å². The summed E-state index contributed by atoms with van der Waals surface area (Å²) in [5, 5.41) is 11.0. The number of nitro groups is 1. The first kappa shape index (κ1) is 15.0. The second-order valence-electron chi connectivity index (χ2n) is 6.42. The Morgan fingerprint density at radius 3 is 2.74 bits per heavy atom. The molecule has 4 rings (SSSR count). The van der Waals surface area contributed by atoms with E-state index < -0.39 is 4.33 Å². The van der Waals surface area contributed by atoms with Gasteiger partial charge in [0.05, 0.1) is 16.9 Å². The van der Waals surface area contributed by atoms with Gasteiger partial charge in [0.15, 0.2) is 0 Å². The molecular weight excluding hydrogens is 341 g/mol. The third kappa shape index (κ3) is 2.44. The summed E-state index contributed by atoms with van der Waals surface area (Å²) in [5.74, 6) is -0.263. The number of hydrogen-bond donors (Lipinski definition) is 0. The number of non-ortho nitro benzene ring substituents is 1. The van der Waals surface area contributed by atoms with Gasteiger partial charge in [-0.15, -0.1) is 23.2 Å². The van der Waals surface area contributed by atoms with Crippen molar-refractivity contribution in [1.82, 2.24) is 4.90 Å². The number of anilines is 1. The molecule has 1 aromatic rings. The second-order valence-corrected chi connectivity index (χ2v) is 7.97.